The van der Waals surface area contributed by atoms with Crippen molar-refractivity contribution in [3.05, 3.63) is 33.1 Å². The van der Waals surface area contributed by atoms with E-state index >= 15 is 0 Å². The van der Waals surface area contributed by atoms with Gasteiger partial charge in [-0.25, -0.2) is 4.39 Å². The number of hydrogen-bond donors (Lipinski definition) is 1. The number of hydrogen-bond acceptors (Lipinski definition) is 2. The first-order valence-corrected chi connectivity index (χ1v) is 8.61. The summed E-state index contributed by atoms with van der Waals surface area (Å²) in [6.07, 6.45) is 2.29. The van der Waals surface area contributed by atoms with Crippen molar-refractivity contribution < 1.29 is 4.39 Å². The van der Waals surface area contributed by atoms with Gasteiger partial charge in [0, 0.05) is 41.4 Å². The van der Waals surface area contributed by atoms with Gasteiger partial charge in [-0.05, 0) is 53.1 Å². The van der Waals surface area contributed by atoms with E-state index in [1.165, 1.54) is 0 Å². The van der Waals surface area contributed by atoms with Gasteiger partial charge in [0.05, 0.1) is 0 Å². The van der Waals surface area contributed by atoms with Crippen molar-refractivity contribution in [2.45, 2.75) is 32.7 Å². The predicted molar refractivity (Wildman–Crippen MR) is 97.6 cm³/mol. The highest BCUT2D eigenvalue weighted by atomic mass is 127. The second-order valence-corrected chi connectivity index (χ2v) is 6.91. The predicted octanol–water partition coefficient (Wildman–Crippen LogP) is 4.23. The molecule has 0 amide bonds. The molecule has 21 heavy (non-hydrogen) atoms. The summed E-state index contributed by atoms with van der Waals surface area (Å²) in [6, 6.07) is 5.69. The van der Waals surface area contributed by atoms with E-state index in [4.69, 9.17) is 0 Å². The van der Waals surface area contributed by atoms with E-state index in [1.54, 1.807) is 6.07 Å². The smallest absolute Gasteiger partial charge is 0.128 e. The Bertz CT molecular complexity index is 438. The Labute approximate surface area is 147 Å². The highest BCUT2D eigenvalue weighted by Crippen LogP contribution is 2.34. The van der Waals surface area contributed by atoms with Gasteiger partial charge in [-0.15, -0.1) is 12.4 Å². The Morgan fingerprint density at radius 3 is 2.62 bits per heavy atom. The molecule has 0 bridgehead atoms. The molecule has 5 heteroatoms. The monoisotopic (exact) mass is 426 g/mol. The summed E-state index contributed by atoms with van der Waals surface area (Å²) in [7, 11) is 0. The normalized spacial score (nSPS) is 18.9. The third-order valence-electron chi connectivity index (χ3n) is 4.10. The van der Waals surface area contributed by atoms with Crippen LogP contribution in [0.4, 0.5) is 4.39 Å². The molecule has 1 aromatic rings. The van der Waals surface area contributed by atoms with Gasteiger partial charge in [0.25, 0.3) is 0 Å². The zero-order chi connectivity index (χ0) is 14.5. The van der Waals surface area contributed by atoms with Gasteiger partial charge < -0.3 is 5.32 Å². The van der Waals surface area contributed by atoms with Crippen molar-refractivity contribution >= 4 is 35.0 Å². The zero-order valence-electron chi connectivity index (χ0n) is 12.7. The Morgan fingerprint density at radius 1 is 1.33 bits per heavy atom. The summed E-state index contributed by atoms with van der Waals surface area (Å²) in [5, 5.41) is 3.38. The second-order valence-electron chi connectivity index (χ2n) is 5.66. The van der Waals surface area contributed by atoms with Crippen molar-refractivity contribution in [1.29, 1.82) is 0 Å². The average molecular weight is 427 g/mol. The molecule has 2 rings (SSSR count). The minimum Gasteiger partial charge on any atom is -0.314 e. The lowest BCUT2D eigenvalue weighted by molar-refractivity contribution is 0.123. The lowest BCUT2D eigenvalue weighted by atomic mass is 9.89. The Kier molecular flexibility index (Phi) is 8.46. The number of nitrogens with one attached hydrogen (secondary N) is 1. The maximum absolute atomic E-state index is 14.3. The van der Waals surface area contributed by atoms with E-state index in [2.05, 4.69) is 46.7 Å². The molecule has 0 saturated carbocycles. The van der Waals surface area contributed by atoms with E-state index in [0.29, 0.717) is 5.92 Å². The number of piperazine rings is 1. The fourth-order valence-corrected chi connectivity index (χ4v) is 3.69. The molecule has 1 aromatic carbocycles. The van der Waals surface area contributed by atoms with E-state index in [-0.39, 0.29) is 24.3 Å². The highest BCUT2D eigenvalue weighted by Gasteiger charge is 2.29. The van der Waals surface area contributed by atoms with E-state index in [9.17, 15) is 4.39 Å². The number of halogens is 3. The number of nitrogens with zero attached hydrogens (tertiary/aromatic N) is 1. The molecule has 1 aliphatic rings. The molecule has 120 valence electrons. The highest BCUT2D eigenvalue weighted by molar-refractivity contribution is 14.1. The quantitative estimate of drug-likeness (QED) is 0.709. The van der Waals surface area contributed by atoms with Crippen LogP contribution in [0.5, 0.6) is 0 Å². The lowest BCUT2D eigenvalue weighted by Gasteiger charge is -2.39. The molecule has 1 N–H and O–H groups in total. The van der Waals surface area contributed by atoms with Crippen molar-refractivity contribution in [1.82, 2.24) is 10.2 Å². The molecule has 1 fully saturated rings. The van der Waals surface area contributed by atoms with Crippen LogP contribution in [0.1, 0.15) is 38.3 Å². The van der Waals surface area contributed by atoms with E-state index < -0.39 is 0 Å². The maximum atomic E-state index is 14.3. The van der Waals surface area contributed by atoms with Crippen LogP contribution in [0.3, 0.4) is 0 Å². The molecule has 0 aromatic heterocycles. The Balaban J connectivity index is 0.00000220. The fourth-order valence-electron chi connectivity index (χ4n) is 3.18. The van der Waals surface area contributed by atoms with Crippen LogP contribution in [0.15, 0.2) is 18.2 Å². The summed E-state index contributed by atoms with van der Waals surface area (Å²) >= 11 is 2.27. The molecular formula is C16H25ClFIN2. The molecule has 0 aliphatic carbocycles. The molecule has 0 spiro atoms. The number of rotatable bonds is 5. The molecule has 1 unspecified atom stereocenters. The number of benzene rings is 1. The van der Waals surface area contributed by atoms with Crippen LogP contribution in [0.25, 0.3) is 0 Å². The largest absolute Gasteiger partial charge is 0.314 e. The fraction of sp³-hybridized carbons (Fsp3) is 0.625. The van der Waals surface area contributed by atoms with Crippen LogP contribution in [0, 0.1) is 15.3 Å². The molecule has 2 nitrogen and oxygen atoms in total. The Hall–Kier alpha value is 0.0900. The van der Waals surface area contributed by atoms with E-state index in [0.717, 1.165) is 48.2 Å². The average Bonchev–Trinajstić information content (AvgIpc) is 2.44. The van der Waals surface area contributed by atoms with Crippen LogP contribution < -0.4 is 5.32 Å². The molecule has 1 aliphatic heterocycles. The summed E-state index contributed by atoms with van der Waals surface area (Å²) < 4.78 is 15.4. The first-order chi connectivity index (χ1) is 9.63. The van der Waals surface area contributed by atoms with E-state index in [1.807, 2.05) is 12.1 Å². The summed E-state index contributed by atoms with van der Waals surface area (Å²) in [4.78, 5) is 2.45. The standard InChI is InChI=1S/C16H24FIN2.ClH/c1-3-4-12(2)16(20-9-7-19-8-10-20)14-11-13(18)5-6-15(14)17;/h5-6,11-12,16,19H,3-4,7-10H2,1-2H3;1H/t12?,16-;/m1./s1. The minimum absolute atomic E-state index is 0. The van der Waals surface area contributed by atoms with Crippen LogP contribution in [0.2, 0.25) is 0 Å². The van der Waals surface area contributed by atoms with Crippen molar-refractivity contribution in [2.24, 2.45) is 5.92 Å². The maximum Gasteiger partial charge on any atom is 0.128 e. The van der Waals surface area contributed by atoms with Crippen molar-refractivity contribution in [3.63, 3.8) is 0 Å². The molecule has 1 heterocycles. The van der Waals surface area contributed by atoms with Gasteiger partial charge in [0.2, 0.25) is 0 Å². The molecule has 0 radical (unpaired) electrons. The summed E-state index contributed by atoms with van der Waals surface area (Å²) in [5.74, 6) is 0.419. The topological polar surface area (TPSA) is 15.3 Å². The molecule has 1 saturated heterocycles. The first-order valence-electron chi connectivity index (χ1n) is 7.53. The van der Waals surface area contributed by atoms with Gasteiger partial charge in [-0.1, -0.05) is 20.3 Å². The van der Waals surface area contributed by atoms with Crippen LogP contribution in [-0.4, -0.2) is 31.1 Å². The van der Waals surface area contributed by atoms with Gasteiger partial charge in [0.15, 0.2) is 0 Å². The van der Waals surface area contributed by atoms with Gasteiger partial charge in [0.1, 0.15) is 5.82 Å². The minimum atomic E-state index is -0.0584. The second kappa shape index (κ2) is 9.28. The van der Waals surface area contributed by atoms with Gasteiger partial charge in [-0.3, -0.25) is 4.90 Å². The zero-order valence-corrected chi connectivity index (χ0v) is 15.7. The Morgan fingerprint density at radius 2 is 2.00 bits per heavy atom. The molecular weight excluding hydrogens is 402 g/mol. The SMILES string of the molecule is CCCC(C)[C@H](c1cc(I)ccc1F)N1CCNCC1.Cl. The third kappa shape index (κ3) is 5.05. The summed E-state index contributed by atoms with van der Waals surface area (Å²) in [5.41, 5.74) is 0.875. The van der Waals surface area contributed by atoms with Gasteiger partial charge in [-0.2, -0.15) is 0 Å². The summed E-state index contributed by atoms with van der Waals surface area (Å²) in [6.45, 7) is 8.47. The van der Waals surface area contributed by atoms with Gasteiger partial charge >= 0.3 is 0 Å². The molecule has 2 atom stereocenters. The van der Waals surface area contributed by atoms with Crippen LogP contribution in [-0.2, 0) is 0 Å². The third-order valence-corrected chi connectivity index (χ3v) is 4.78. The van der Waals surface area contributed by atoms with Crippen molar-refractivity contribution in [3.8, 4) is 0 Å². The van der Waals surface area contributed by atoms with Crippen molar-refractivity contribution in [2.75, 3.05) is 26.2 Å². The van der Waals surface area contributed by atoms with Crippen LogP contribution >= 0.6 is 35.0 Å². The lowest BCUT2D eigenvalue weighted by Crippen LogP contribution is -2.46. The first kappa shape index (κ1) is 19.1.